The number of hydrogen-bond donors (Lipinski definition) is 2. The smallest absolute Gasteiger partial charge is 0.269 e. The maximum absolute atomic E-state index is 12.4. The van der Waals surface area contributed by atoms with Gasteiger partial charge in [0, 0.05) is 47.6 Å². The second kappa shape index (κ2) is 9.73. The number of hydrogen-bond acceptors (Lipinski definition) is 7. The molecular weight excluding hydrogens is 422 g/mol. The van der Waals surface area contributed by atoms with E-state index < -0.39 is 4.92 Å². The van der Waals surface area contributed by atoms with E-state index in [0.29, 0.717) is 30.4 Å². The number of carbonyl (C=O) groups excluding carboxylic acids is 1. The van der Waals surface area contributed by atoms with Crippen molar-refractivity contribution in [2.75, 3.05) is 18.4 Å². The van der Waals surface area contributed by atoms with Gasteiger partial charge in [0.25, 0.3) is 11.6 Å². The van der Waals surface area contributed by atoms with Crippen molar-refractivity contribution < 1.29 is 14.1 Å². The molecular formula is C24H21N5O4. The summed E-state index contributed by atoms with van der Waals surface area (Å²) in [5, 5.41) is 24.8. The van der Waals surface area contributed by atoms with Gasteiger partial charge in [-0.05, 0) is 55.5 Å². The average molecular weight is 443 g/mol. The van der Waals surface area contributed by atoms with Crippen molar-refractivity contribution in [3.63, 3.8) is 0 Å². The lowest BCUT2D eigenvalue weighted by molar-refractivity contribution is -0.384. The molecule has 1 aromatic heterocycles. The van der Waals surface area contributed by atoms with Crippen molar-refractivity contribution >= 4 is 17.3 Å². The van der Waals surface area contributed by atoms with E-state index in [1.54, 1.807) is 36.4 Å². The Hall–Kier alpha value is -4.53. The summed E-state index contributed by atoms with van der Waals surface area (Å²) in [5.74, 6) is 0.611. The molecule has 166 valence electrons. The van der Waals surface area contributed by atoms with E-state index in [2.05, 4.69) is 20.8 Å². The quantitative estimate of drug-likeness (QED) is 0.234. The number of non-ortho nitro benzene ring substituents is 1. The van der Waals surface area contributed by atoms with Gasteiger partial charge in [-0.3, -0.25) is 14.9 Å². The van der Waals surface area contributed by atoms with Crippen LogP contribution in [0.2, 0.25) is 0 Å². The van der Waals surface area contributed by atoms with Crippen LogP contribution in [0.1, 0.15) is 15.9 Å². The van der Waals surface area contributed by atoms with Gasteiger partial charge in [-0.2, -0.15) is 0 Å². The van der Waals surface area contributed by atoms with Crippen molar-refractivity contribution in [2.45, 2.75) is 6.92 Å². The van der Waals surface area contributed by atoms with Crippen molar-refractivity contribution in [1.29, 1.82) is 0 Å². The average Bonchev–Trinajstić information content (AvgIpc) is 3.32. The van der Waals surface area contributed by atoms with Crippen LogP contribution < -0.4 is 10.6 Å². The third kappa shape index (κ3) is 5.40. The summed E-state index contributed by atoms with van der Waals surface area (Å²) in [6.07, 6.45) is 0. The molecule has 0 saturated carbocycles. The zero-order valence-corrected chi connectivity index (χ0v) is 17.8. The van der Waals surface area contributed by atoms with Crippen molar-refractivity contribution in [3.05, 3.63) is 94.0 Å². The Morgan fingerprint density at radius 3 is 2.30 bits per heavy atom. The van der Waals surface area contributed by atoms with Crippen molar-refractivity contribution in [2.24, 2.45) is 0 Å². The number of nitrogens with one attached hydrogen (secondary N) is 2. The van der Waals surface area contributed by atoms with Gasteiger partial charge in [-0.25, -0.2) is 0 Å². The molecule has 0 aliphatic carbocycles. The lowest BCUT2D eigenvalue weighted by atomic mass is 10.1. The summed E-state index contributed by atoms with van der Waals surface area (Å²) in [4.78, 5) is 22.6. The third-order valence-corrected chi connectivity index (χ3v) is 4.90. The van der Waals surface area contributed by atoms with Crippen molar-refractivity contribution in [3.8, 4) is 22.9 Å². The normalized spacial score (nSPS) is 10.6. The predicted octanol–water partition coefficient (Wildman–Crippen LogP) is 4.46. The lowest BCUT2D eigenvalue weighted by Crippen LogP contribution is -2.28. The first-order valence-electron chi connectivity index (χ1n) is 10.3. The van der Waals surface area contributed by atoms with E-state index in [-0.39, 0.29) is 11.6 Å². The number of benzene rings is 3. The third-order valence-electron chi connectivity index (χ3n) is 4.90. The molecule has 1 heterocycles. The van der Waals surface area contributed by atoms with E-state index in [0.717, 1.165) is 22.4 Å². The second-order valence-electron chi connectivity index (χ2n) is 7.35. The van der Waals surface area contributed by atoms with Gasteiger partial charge >= 0.3 is 0 Å². The number of aryl methyl sites for hydroxylation is 1. The van der Waals surface area contributed by atoms with Crippen LogP contribution in [0, 0.1) is 17.0 Å². The van der Waals surface area contributed by atoms with E-state index in [1.807, 2.05) is 31.2 Å². The highest BCUT2D eigenvalue weighted by Gasteiger charge is 2.12. The first-order chi connectivity index (χ1) is 16.0. The van der Waals surface area contributed by atoms with Crippen LogP contribution in [0.3, 0.4) is 0 Å². The molecule has 0 spiro atoms. The minimum Gasteiger partial charge on any atom is -0.416 e. The highest BCUT2D eigenvalue weighted by Crippen LogP contribution is 2.24. The van der Waals surface area contributed by atoms with Crippen LogP contribution in [0.25, 0.3) is 22.9 Å². The molecule has 4 aromatic rings. The Labute approximate surface area is 189 Å². The van der Waals surface area contributed by atoms with E-state index >= 15 is 0 Å². The van der Waals surface area contributed by atoms with Gasteiger partial charge in [-0.1, -0.05) is 17.7 Å². The van der Waals surface area contributed by atoms with E-state index in [1.165, 1.54) is 12.1 Å². The second-order valence-corrected chi connectivity index (χ2v) is 7.35. The van der Waals surface area contributed by atoms with Crippen LogP contribution in [-0.2, 0) is 0 Å². The maximum Gasteiger partial charge on any atom is 0.269 e. The number of aromatic nitrogens is 2. The maximum atomic E-state index is 12.4. The largest absolute Gasteiger partial charge is 0.416 e. The monoisotopic (exact) mass is 443 g/mol. The molecule has 33 heavy (non-hydrogen) atoms. The minimum absolute atomic E-state index is 0.0317. The number of rotatable bonds is 8. The molecule has 3 aromatic carbocycles. The fraction of sp³-hybridized carbons (Fsp3) is 0.125. The highest BCUT2D eigenvalue weighted by atomic mass is 16.6. The van der Waals surface area contributed by atoms with Crippen molar-refractivity contribution in [1.82, 2.24) is 15.5 Å². The van der Waals surface area contributed by atoms with Gasteiger partial charge in [0.15, 0.2) is 0 Å². The molecule has 9 nitrogen and oxygen atoms in total. The van der Waals surface area contributed by atoms with Gasteiger partial charge in [0.05, 0.1) is 4.92 Å². The fourth-order valence-corrected chi connectivity index (χ4v) is 3.18. The first-order valence-corrected chi connectivity index (χ1v) is 10.3. The summed E-state index contributed by atoms with van der Waals surface area (Å²) in [7, 11) is 0. The summed E-state index contributed by atoms with van der Waals surface area (Å²) >= 11 is 0. The van der Waals surface area contributed by atoms with E-state index in [4.69, 9.17) is 4.42 Å². The molecule has 9 heteroatoms. The Bertz CT molecular complexity index is 1270. The Balaban J connectivity index is 1.30. The number of anilines is 1. The first kappa shape index (κ1) is 21.7. The van der Waals surface area contributed by atoms with Crippen LogP contribution in [-0.4, -0.2) is 34.1 Å². The van der Waals surface area contributed by atoms with Gasteiger partial charge in [-0.15, -0.1) is 10.2 Å². The lowest BCUT2D eigenvalue weighted by Gasteiger charge is -2.08. The van der Waals surface area contributed by atoms with Crippen LogP contribution in [0.15, 0.2) is 77.2 Å². The highest BCUT2D eigenvalue weighted by molar-refractivity contribution is 5.94. The molecule has 4 rings (SSSR count). The van der Waals surface area contributed by atoms with Crippen LogP contribution in [0.5, 0.6) is 0 Å². The number of carbonyl (C=O) groups is 1. The summed E-state index contributed by atoms with van der Waals surface area (Å²) in [6.45, 7) is 2.86. The van der Waals surface area contributed by atoms with Crippen LogP contribution in [0.4, 0.5) is 11.4 Å². The Morgan fingerprint density at radius 1 is 0.939 bits per heavy atom. The predicted molar refractivity (Wildman–Crippen MR) is 124 cm³/mol. The van der Waals surface area contributed by atoms with Gasteiger partial charge < -0.3 is 15.1 Å². The molecule has 2 N–H and O–H groups in total. The zero-order valence-electron chi connectivity index (χ0n) is 17.8. The molecule has 0 unspecified atom stereocenters. The van der Waals surface area contributed by atoms with Gasteiger partial charge in [0.1, 0.15) is 0 Å². The SMILES string of the molecule is Cc1cccc(-c2nnc(-c3ccc(C(=O)NCCNc4ccc([N+](=O)[O-])cc4)cc3)o2)c1. The Morgan fingerprint density at radius 2 is 1.64 bits per heavy atom. The topological polar surface area (TPSA) is 123 Å². The summed E-state index contributed by atoms with van der Waals surface area (Å²) in [6, 6.07) is 20.8. The molecule has 0 aliphatic rings. The number of nitrogens with zero attached hydrogens (tertiary/aromatic N) is 3. The van der Waals surface area contributed by atoms with Gasteiger partial charge in [0.2, 0.25) is 11.8 Å². The summed E-state index contributed by atoms with van der Waals surface area (Å²) < 4.78 is 5.78. The molecule has 0 atom stereocenters. The number of nitro groups is 1. The zero-order chi connectivity index (χ0) is 23.2. The summed E-state index contributed by atoms with van der Waals surface area (Å²) in [5.41, 5.74) is 3.95. The Kier molecular flexibility index (Phi) is 6.40. The molecule has 1 amide bonds. The number of nitro benzene ring substituents is 1. The molecule has 0 saturated heterocycles. The molecule has 0 fully saturated rings. The molecule has 0 aliphatic heterocycles. The minimum atomic E-state index is -0.448. The number of amides is 1. The van der Waals surface area contributed by atoms with Crippen LogP contribution >= 0.6 is 0 Å². The fourth-order valence-electron chi connectivity index (χ4n) is 3.18. The molecule has 0 radical (unpaired) electrons. The standard InChI is InChI=1S/C24H21N5O4/c1-16-3-2-4-19(15-16)24-28-27-23(33-24)18-7-5-17(6-8-18)22(30)26-14-13-25-20-9-11-21(12-10-20)29(31)32/h2-12,15,25H,13-14H2,1H3,(H,26,30). The van der Waals surface area contributed by atoms with E-state index in [9.17, 15) is 14.9 Å². The molecule has 0 bridgehead atoms.